The van der Waals surface area contributed by atoms with E-state index in [0.717, 1.165) is 11.2 Å². The number of carbonyl (C=O) groups is 1. The van der Waals surface area contributed by atoms with Crippen LogP contribution in [0.3, 0.4) is 0 Å². The van der Waals surface area contributed by atoms with E-state index >= 15 is 0 Å². The first-order valence-electron chi connectivity index (χ1n) is 5.79. The summed E-state index contributed by atoms with van der Waals surface area (Å²) in [4.78, 5) is 16.2. The second-order valence-corrected chi connectivity index (χ2v) is 4.15. The summed E-state index contributed by atoms with van der Waals surface area (Å²) >= 11 is 0. The maximum Gasteiger partial charge on any atom is 0.374 e. The summed E-state index contributed by atoms with van der Waals surface area (Å²) in [6.07, 6.45) is 1.83. The Balaban J connectivity index is 2.60. The molecule has 0 radical (unpaired) electrons. The average Bonchev–Trinajstić information content (AvgIpc) is 2.69. The highest BCUT2D eigenvalue weighted by atomic mass is 16.5. The van der Waals surface area contributed by atoms with Gasteiger partial charge < -0.3 is 4.74 Å². The first-order chi connectivity index (χ1) is 8.15. The minimum Gasteiger partial charge on any atom is -0.460 e. The van der Waals surface area contributed by atoms with Crippen molar-refractivity contribution < 1.29 is 9.53 Å². The normalized spacial score (nSPS) is 11.1. The van der Waals surface area contributed by atoms with Crippen LogP contribution in [0.15, 0.2) is 24.4 Å². The molecule has 0 aliphatic heterocycles. The van der Waals surface area contributed by atoms with Crippen molar-refractivity contribution in [3.8, 4) is 0 Å². The van der Waals surface area contributed by atoms with Crippen molar-refractivity contribution in [1.82, 2.24) is 9.38 Å². The quantitative estimate of drug-likeness (QED) is 0.764. The van der Waals surface area contributed by atoms with Gasteiger partial charge in [-0.3, -0.25) is 4.40 Å². The van der Waals surface area contributed by atoms with Gasteiger partial charge >= 0.3 is 5.97 Å². The zero-order valence-corrected chi connectivity index (χ0v) is 10.3. The summed E-state index contributed by atoms with van der Waals surface area (Å²) in [6.45, 7) is 6.27. The molecule has 2 aromatic heterocycles. The Bertz CT molecular complexity index is 543. The predicted octanol–water partition coefficient (Wildman–Crippen LogP) is 2.63. The second kappa shape index (κ2) is 4.57. The van der Waals surface area contributed by atoms with Crippen molar-refractivity contribution in [1.29, 1.82) is 0 Å². The standard InChI is InChI=1S/C13H16N2O2/c1-4-17-13(16)12-14-11(9(2)3)10-7-5-6-8-15(10)12/h5-9H,4H2,1-3H3. The smallest absolute Gasteiger partial charge is 0.374 e. The van der Waals surface area contributed by atoms with Gasteiger partial charge in [-0.05, 0) is 25.0 Å². The largest absolute Gasteiger partial charge is 0.460 e. The molecule has 17 heavy (non-hydrogen) atoms. The van der Waals surface area contributed by atoms with Crippen LogP contribution in [-0.2, 0) is 4.74 Å². The van der Waals surface area contributed by atoms with Gasteiger partial charge in [0, 0.05) is 6.20 Å². The first kappa shape index (κ1) is 11.6. The van der Waals surface area contributed by atoms with Crippen LogP contribution >= 0.6 is 0 Å². The lowest BCUT2D eigenvalue weighted by Gasteiger charge is -2.00. The van der Waals surface area contributed by atoms with E-state index in [9.17, 15) is 4.79 Å². The molecule has 0 spiro atoms. The SMILES string of the molecule is CCOC(=O)c1nc(C(C)C)c2ccccn12. The highest BCUT2D eigenvalue weighted by Crippen LogP contribution is 2.21. The van der Waals surface area contributed by atoms with Gasteiger partial charge in [-0.25, -0.2) is 9.78 Å². The lowest BCUT2D eigenvalue weighted by atomic mass is 10.1. The molecule has 2 aromatic rings. The van der Waals surface area contributed by atoms with Crippen LogP contribution in [0, 0.1) is 0 Å². The molecule has 0 atom stereocenters. The highest BCUT2D eigenvalue weighted by molar-refractivity contribution is 5.87. The zero-order valence-electron chi connectivity index (χ0n) is 10.3. The monoisotopic (exact) mass is 232 g/mol. The zero-order chi connectivity index (χ0) is 12.4. The summed E-state index contributed by atoms with van der Waals surface area (Å²) in [6, 6.07) is 5.78. The minimum atomic E-state index is -0.374. The van der Waals surface area contributed by atoms with E-state index in [1.54, 1.807) is 11.3 Å². The molecule has 4 heteroatoms. The molecule has 0 bridgehead atoms. The molecule has 0 unspecified atom stereocenters. The number of esters is 1. The van der Waals surface area contributed by atoms with Crippen LogP contribution < -0.4 is 0 Å². The molecule has 0 fully saturated rings. The first-order valence-corrected chi connectivity index (χ1v) is 5.79. The molecule has 0 aromatic carbocycles. The predicted molar refractivity (Wildman–Crippen MR) is 65.2 cm³/mol. The molecule has 0 amide bonds. The van der Waals surface area contributed by atoms with Crippen molar-refractivity contribution in [3.63, 3.8) is 0 Å². The highest BCUT2D eigenvalue weighted by Gasteiger charge is 2.19. The molecular weight excluding hydrogens is 216 g/mol. The van der Waals surface area contributed by atoms with Crippen molar-refractivity contribution in [2.24, 2.45) is 0 Å². The average molecular weight is 232 g/mol. The van der Waals surface area contributed by atoms with Crippen LogP contribution in [0.5, 0.6) is 0 Å². The Morgan fingerprint density at radius 1 is 1.47 bits per heavy atom. The van der Waals surface area contributed by atoms with Crippen LogP contribution in [0.1, 0.15) is 43.0 Å². The van der Waals surface area contributed by atoms with E-state index in [4.69, 9.17) is 4.74 Å². The van der Waals surface area contributed by atoms with Gasteiger partial charge in [-0.2, -0.15) is 0 Å². The molecule has 0 saturated heterocycles. The Kier molecular flexibility index (Phi) is 3.13. The van der Waals surface area contributed by atoms with E-state index in [-0.39, 0.29) is 11.9 Å². The number of carbonyl (C=O) groups excluding carboxylic acids is 1. The van der Waals surface area contributed by atoms with Gasteiger partial charge in [0.1, 0.15) is 0 Å². The number of hydrogen-bond acceptors (Lipinski definition) is 3. The van der Waals surface area contributed by atoms with Gasteiger partial charge in [-0.15, -0.1) is 0 Å². The molecule has 0 aliphatic carbocycles. The maximum absolute atomic E-state index is 11.8. The van der Waals surface area contributed by atoms with Gasteiger partial charge in [0.25, 0.3) is 0 Å². The molecule has 4 nitrogen and oxygen atoms in total. The third kappa shape index (κ3) is 2.02. The number of pyridine rings is 1. The fraction of sp³-hybridized carbons (Fsp3) is 0.385. The van der Waals surface area contributed by atoms with Crippen LogP contribution in [-0.4, -0.2) is 22.0 Å². The van der Waals surface area contributed by atoms with Crippen molar-refractivity contribution in [2.45, 2.75) is 26.7 Å². The van der Waals surface area contributed by atoms with Crippen LogP contribution in [0.25, 0.3) is 5.52 Å². The molecule has 0 aliphatic rings. The number of ether oxygens (including phenoxy) is 1. The van der Waals surface area contributed by atoms with E-state index in [0.29, 0.717) is 12.4 Å². The molecule has 2 rings (SSSR count). The third-order valence-electron chi connectivity index (χ3n) is 2.58. The van der Waals surface area contributed by atoms with Crippen LogP contribution in [0.4, 0.5) is 0 Å². The Morgan fingerprint density at radius 3 is 2.88 bits per heavy atom. The van der Waals surface area contributed by atoms with Crippen molar-refractivity contribution in [2.75, 3.05) is 6.61 Å². The van der Waals surface area contributed by atoms with Gasteiger partial charge in [-0.1, -0.05) is 19.9 Å². The summed E-state index contributed by atoms with van der Waals surface area (Å²) in [5, 5.41) is 0. The van der Waals surface area contributed by atoms with E-state index in [2.05, 4.69) is 18.8 Å². The number of rotatable bonds is 3. The third-order valence-corrected chi connectivity index (χ3v) is 2.58. The molecule has 0 saturated carbocycles. The Morgan fingerprint density at radius 2 is 2.24 bits per heavy atom. The Labute approximate surface area is 100 Å². The lowest BCUT2D eigenvalue weighted by Crippen LogP contribution is -2.09. The van der Waals surface area contributed by atoms with Crippen molar-refractivity contribution >= 4 is 11.5 Å². The molecular formula is C13H16N2O2. The van der Waals surface area contributed by atoms with Gasteiger partial charge in [0.05, 0.1) is 17.8 Å². The number of hydrogen-bond donors (Lipinski definition) is 0. The summed E-state index contributed by atoms with van der Waals surface area (Å²) in [7, 11) is 0. The number of fused-ring (bicyclic) bond motifs is 1. The fourth-order valence-electron chi connectivity index (χ4n) is 1.83. The Hall–Kier alpha value is -1.84. The molecule has 0 N–H and O–H groups in total. The molecule has 90 valence electrons. The number of imidazole rings is 1. The molecule has 2 heterocycles. The van der Waals surface area contributed by atoms with E-state index < -0.39 is 0 Å². The topological polar surface area (TPSA) is 43.6 Å². The van der Waals surface area contributed by atoms with E-state index in [1.807, 2.05) is 24.4 Å². The van der Waals surface area contributed by atoms with Crippen LogP contribution in [0.2, 0.25) is 0 Å². The summed E-state index contributed by atoms with van der Waals surface area (Å²) in [5.74, 6) is 0.252. The van der Waals surface area contributed by atoms with E-state index in [1.165, 1.54) is 0 Å². The number of nitrogens with zero attached hydrogens (tertiary/aromatic N) is 2. The fourth-order valence-corrected chi connectivity index (χ4v) is 1.83. The maximum atomic E-state index is 11.8. The van der Waals surface area contributed by atoms with Gasteiger partial charge in [0.2, 0.25) is 5.82 Å². The number of aromatic nitrogens is 2. The van der Waals surface area contributed by atoms with Gasteiger partial charge in [0.15, 0.2) is 0 Å². The lowest BCUT2D eigenvalue weighted by molar-refractivity contribution is 0.0511. The van der Waals surface area contributed by atoms with Crippen molar-refractivity contribution in [3.05, 3.63) is 35.9 Å². The summed E-state index contributed by atoms with van der Waals surface area (Å²) < 4.78 is 6.79. The second-order valence-electron chi connectivity index (χ2n) is 4.15. The summed E-state index contributed by atoms with van der Waals surface area (Å²) in [5.41, 5.74) is 1.89. The minimum absolute atomic E-state index is 0.274.